The average molecular weight is 271 g/mol. The Bertz CT molecular complexity index is 443. The van der Waals surface area contributed by atoms with Crippen molar-refractivity contribution in [3.8, 4) is 0 Å². The van der Waals surface area contributed by atoms with Gasteiger partial charge in [0.2, 0.25) is 0 Å². The van der Waals surface area contributed by atoms with E-state index in [1.54, 1.807) is 16.7 Å². The lowest BCUT2D eigenvalue weighted by Gasteiger charge is -2.32. The predicted octanol–water partition coefficient (Wildman–Crippen LogP) is 4.23. The minimum atomic E-state index is 0.745. The van der Waals surface area contributed by atoms with E-state index in [9.17, 15) is 0 Å². The highest BCUT2D eigenvalue weighted by Crippen LogP contribution is 2.32. The van der Waals surface area contributed by atoms with Crippen molar-refractivity contribution < 1.29 is 0 Å². The first-order valence-corrected chi connectivity index (χ1v) is 8.50. The molecule has 1 unspecified atom stereocenters. The van der Waals surface area contributed by atoms with Gasteiger partial charge in [0.15, 0.2) is 0 Å². The van der Waals surface area contributed by atoms with Crippen LogP contribution < -0.4 is 0 Å². The molecule has 3 rings (SSSR count). The molecule has 0 spiro atoms. The summed E-state index contributed by atoms with van der Waals surface area (Å²) >= 11 is 0. The Morgan fingerprint density at radius 1 is 1.05 bits per heavy atom. The molecule has 1 nitrogen and oxygen atoms in total. The highest BCUT2D eigenvalue weighted by Gasteiger charge is 2.23. The van der Waals surface area contributed by atoms with Gasteiger partial charge in [-0.3, -0.25) is 0 Å². The van der Waals surface area contributed by atoms with Crippen LogP contribution in [0.25, 0.3) is 0 Å². The Morgan fingerprint density at radius 3 is 2.60 bits per heavy atom. The van der Waals surface area contributed by atoms with Gasteiger partial charge in [-0.25, -0.2) is 0 Å². The summed E-state index contributed by atoms with van der Waals surface area (Å²) in [5, 5.41) is 0. The number of hydrogen-bond acceptors (Lipinski definition) is 1. The maximum Gasteiger partial charge on any atom is 0.0133 e. The van der Waals surface area contributed by atoms with Gasteiger partial charge in [0, 0.05) is 6.04 Å². The first kappa shape index (κ1) is 14.1. The van der Waals surface area contributed by atoms with Crippen molar-refractivity contribution in [2.45, 2.75) is 63.8 Å². The van der Waals surface area contributed by atoms with Crippen LogP contribution in [0.5, 0.6) is 0 Å². The molecule has 0 heterocycles. The maximum atomic E-state index is 2.42. The van der Waals surface area contributed by atoms with Crippen molar-refractivity contribution in [3.63, 3.8) is 0 Å². The molecule has 110 valence electrons. The Balaban J connectivity index is 1.78. The summed E-state index contributed by atoms with van der Waals surface area (Å²) in [6, 6.07) is 7.82. The van der Waals surface area contributed by atoms with E-state index in [4.69, 9.17) is 0 Å². The molecule has 1 saturated carbocycles. The second-order valence-corrected chi connectivity index (χ2v) is 7.12. The van der Waals surface area contributed by atoms with E-state index in [1.807, 2.05) is 0 Å². The van der Waals surface area contributed by atoms with Gasteiger partial charge in [-0.2, -0.15) is 0 Å². The molecule has 1 heteroatoms. The number of hydrogen-bond donors (Lipinski definition) is 0. The van der Waals surface area contributed by atoms with Crippen LogP contribution in [0.4, 0.5) is 0 Å². The Morgan fingerprint density at radius 2 is 1.85 bits per heavy atom. The second kappa shape index (κ2) is 6.30. The van der Waals surface area contributed by atoms with E-state index in [2.05, 4.69) is 37.2 Å². The second-order valence-electron chi connectivity index (χ2n) is 7.12. The topological polar surface area (TPSA) is 3.24 Å². The molecule has 0 aromatic heterocycles. The third kappa shape index (κ3) is 3.09. The molecule has 1 atom stereocenters. The van der Waals surface area contributed by atoms with Crippen molar-refractivity contribution in [2.75, 3.05) is 14.1 Å². The molecule has 0 bridgehead atoms. The largest absolute Gasteiger partial charge is 0.306 e. The molecule has 2 aliphatic carbocycles. The molecule has 0 saturated heterocycles. The van der Waals surface area contributed by atoms with Gasteiger partial charge in [0.25, 0.3) is 0 Å². The Hall–Kier alpha value is -0.820. The van der Waals surface area contributed by atoms with Crippen LogP contribution in [0.15, 0.2) is 18.2 Å². The molecule has 1 aromatic carbocycles. The molecule has 0 aliphatic heterocycles. The number of benzene rings is 1. The molecule has 20 heavy (non-hydrogen) atoms. The highest BCUT2D eigenvalue weighted by molar-refractivity contribution is 5.38. The molecule has 0 amide bonds. The van der Waals surface area contributed by atoms with Crippen LogP contribution in [-0.4, -0.2) is 25.0 Å². The van der Waals surface area contributed by atoms with Crippen LogP contribution in [0.2, 0.25) is 0 Å². The van der Waals surface area contributed by atoms with Gasteiger partial charge in [0.05, 0.1) is 0 Å². The fraction of sp³-hybridized carbons (Fsp3) is 0.684. The van der Waals surface area contributed by atoms with Gasteiger partial charge in [-0.05, 0) is 62.4 Å². The van der Waals surface area contributed by atoms with Crippen molar-refractivity contribution in [3.05, 3.63) is 34.9 Å². The quantitative estimate of drug-likeness (QED) is 0.795. The zero-order valence-electron chi connectivity index (χ0n) is 13.2. The summed E-state index contributed by atoms with van der Waals surface area (Å²) in [4.78, 5) is 2.42. The molecule has 1 aromatic rings. The lowest BCUT2D eigenvalue weighted by Crippen LogP contribution is -2.34. The molecule has 2 aliphatic rings. The fourth-order valence-corrected chi connectivity index (χ4v) is 4.18. The summed E-state index contributed by atoms with van der Waals surface area (Å²) in [7, 11) is 4.47. The number of aryl methyl sites for hydroxylation is 1. The van der Waals surface area contributed by atoms with E-state index in [0.29, 0.717) is 0 Å². The van der Waals surface area contributed by atoms with Crippen molar-refractivity contribution >= 4 is 0 Å². The van der Waals surface area contributed by atoms with Crippen molar-refractivity contribution in [2.24, 2.45) is 5.92 Å². The lowest BCUT2D eigenvalue weighted by molar-refractivity contribution is 0.267. The molecular formula is C19H29N. The van der Waals surface area contributed by atoms with Crippen LogP contribution in [0, 0.1) is 5.92 Å². The lowest BCUT2D eigenvalue weighted by atomic mass is 9.79. The average Bonchev–Trinajstić information content (AvgIpc) is 2.48. The van der Waals surface area contributed by atoms with Crippen molar-refractivity contribution in [1.82, 2.24) is 4.90 Å². The first-order valence-electron chi connectivity index (χ1n) is 8.50. The summed E-state index contributed by atoms with van der Waals surface area (Å²) in [6.45, 7) is 0. The molecule has 0 N–H and O–H groups in total. The Labute approximate surface area is 124 Å². The summed E-state index contributed by atoms with van der Waals surface area (Å²) in [6.07, 6.45) is 12.5. The van der Waals surface area contributed by atoms with Gasteiger partial charge in [0.1, 0.15) is 0 Å². The molecular weight excluding hydrogens is 242 g/mol. The van der Waals surface area contributed by atoms with Crippen LogP contribution in [0.3, 0.4) is 0 Å². The van der Waals surface area contributed by atoms with Gasteiger partial charge >= 0.3 is 0 Å². The van der Waals surface area contributed by atoms with E-state index in [-0.39, 0.29) is 0 Å². The summed E-state index contributed by atoms with van der Waals surface area (Å²) in [5.74, 6) is 0.954. The zero-order valence-corrected chi connectivity index (χ0v) is 13.2. The highest BCUT2D eigenvalue weighted by atomic mass is 15.1. The molecule has 1 fully saturated rings. The maximum absolute atomic E-state index is 2.42. The van der Waals surface area contributed by atoms with Gasteiger partial charge in [-0.15, -0.1) is 0 Å². The molecule has 0 radical (unpaired) electrons. The Kier molecular flexibility index (Phi) is 4.45. The first-order chi connectivity index (χ1) is 9.74. The third-order valence-corrected chi connectivity index (χ3v) is 5.52. The standard InChI is InChI=1S/C19H29N/c1-20(2)18-12-11-16-9-6-10-17(19(16)14-18)13-15-7-4-3-5-8-15/h6,9-10,15,18H,3-5,7-8,11-14H2,1-2H3. The van der Waals surface area contributed by atoms with E-state index < -0.39 is 0 Å². The van der Waals surface area contributed by atoms with Crippen LogP contribution in [0.1, 0.15) is 55.2 Å². The number of fused-ring (bicyclic) bond motifs is 1. The minimum absolute atomic E-state index is 0.745. The van der Waals surface area contributed by atoms with Crippen molar-refractivity contribution in [1.29, 1.82) is 0 Å². The van der Waals surface area contributed by atoms with Crippen LogP contribution in [-0.2, 0) is 19.3 Å². The summed E-state index contributed by atoms with van der Waals surface area (Å²) in [5.41, 5.74) is 5.00. The number of nitrogens with zero attached hydrogens (tertiary/aromatic N) is 1. The van der Waals surface area contributed by atoms with E-state index >= 15 is 0 Å². The smallest absolute Gasteiger partial charge is 0.0133 e. The van der Waals surface area contributed by atoms with E-state index in [1.165, 1.54) is 57.8 Å². The number of likely N-dealkylation sites (N-methyl/N-ethyl adjacent to an activating group) is 1. The predicted molar refractivity (Wildman–Crippen MR) is 86.2 cm³/mol. The van der Waals surface area contributed by atoms with Crippen LogP contribution >= 0.6 is 0 Å². The minimum Gasteiger partial charge on any atom is -0.306 e. The van der Waals surface area contributed by atoms with Gasteiger partial charge < -0.3 is 4.90 Å². The SMILES string of the molecule is CN(C)C1CCc2cccc(CC3CCCCC3)c2C1. The third-order valence-electron chi connectivity index (χ3n) is 5.52. The number of rotatable bonds is 3. The monoisotopic (exact) mass is 271 g/mol. The van der Waals surface area contributed by atoms with Gasteiger partial charge in [-0.1, -0.05) is 50.3 Å². The normalized spacial score (nSPS) is 23.9. The fourth-order valence-electron chi connectivity index (χ4n) is 4.18. The summed E-state index contributed by atoms with van der Waals surface area (Å²) < 4.78 is 0. The van der Waals surface area contributed by atoms with E-state index in [0.717, 1.165) is 12.0 Å². The zero-order chi connectivity index (χ0) is 13.9.